The van der Waals surface area contributed by atoms with E-state index in [2.05, 4.69) is 4.98 Å². The molecule has 2 heterocycles. The lowest BCUT2D eigenvalue weighted by molar-refractivity contribution is -0.149. The first-order valence-corrected chi connectivity index (χ1v) is 7.03. The number of likely N-dealkylation sites (tertiary alicyclic amines) is 1. The maximum Gasteiger partial charge on any atom is 0.328 e. The number of esters is 1. The van der Waals surface area contributed by atoms with Crippen molar-refractivity contribution in [2.75, 3.05) is 13.2 Å². The molecule has 1 aromatic heterocycles. The second-order valence-corrected chi connectivity index (χ2v) is 4.95. The molecule has 1 aromatic rings. The minimum Gasteiger partial charge on any atom is -0.464 e. The maximum absolute atomic E-state index is 12.6. The molecule has 1 amide bonds. The van der Waals surface area contributed by atoms with Crippen LogP contribution >= 0.6 is 0 Å². The van der Waals surface area contributed by atoms with Crippen LogP contribution in [0.4, 0.5) is 0 Å². The van der Waals surface area contributed by atoms with E-state index in [4.69, 9.17) is 4.74 Å². The van der Waals surface area contributed by atoms with Gasteiger partial charge in [-0.25, -0.2) is 4.79 Å². The monoisotopic (exact) mass is 276 g/mol. The summed E-state index contributed by atoms with van der Waals surface area (Å²) in [5.74, 6) is -0.417. The molecule has 1 unspecified atom stereocenters. The average Bonchev–Trinajstić information content (AvgIpc) is 2.47. The van der Waals surface area contributed by atoms with Gasteiger partial charge in [0, 0.05) is 24.0 Å². The zero-order valence-electron chi connectivity index (χ0n) is 12.0. The topological polar surface area (TPSA) is 59.5 Å². The van der Waals surface area contributed by atoms with Crippen molar-refractivity contribution in [3.8, 4) is 0 Å². The van der Waals surface area contributed by atoms with Crippen LogP contribution in [-0.4, -0.2) is 41.0 Å². The molecule has 1 fully saturated rings. The summed E-state index contributed by atoms with van der Waals surface area (Å²) in [6.45, 7) is 4.56. The summed E-state index contributed by atoms with van der Waals surface area (Å²) in [5.41, 5.74) is 1.37. The Hall–Kier alpha value is -1.91. The number of piperidine rings is 1. The second kappa shape index (κ2) is 6.50. The summed E-state index contributed by atoms with van der Waals surface area (Å²) in [4.78, 5) is 30.3. The van der Waals surface area contributed by atoms with E-state index in [1.54, 1.807) is 30.2 Å². The van der Waals surface area contributed by atoms with Gasteiger partial charge < -0.3 is 9.64 Å². The molecule has 20 heavy (non-hydrogen) atoms. The van der Waals surface area contributed by atoms with E-state index >= 15 is 0 Å². The quantitative estimate of drug-likeness (QED) is 0.792. The Morgan fingerprint density at radius 2 is 2.25 bits per heavy atom. The first-order valence-electron chi connectivity index (χ1n) is 7.03. The fourth-order valence-electron chi connectivity index (χ4n) is 2.50. The van der Waals surface area contributed by atoms with Crippen LogP contribution in [0.15, 0.2) is 18.3 Å². The van der Waals surface area contributed by atoms with Gasteiger partial charge >= 0.3 is 5.97 Å². The van der Waals surface area contributed by atoms with Gasteiger partial charge in [-0.05, 0) is 45.2 Å². The van der Waals surface area contributed by atoms with Crippen LogP contribution in [-0.2, 0) is 9.53 Å². The van der Waals surface area contributed by atoms with Crippen LogP contribution in [0.2, 0.25) is 0 Å². The van der Waals surface area contributed by atoms with Gasteiger partial charge in [0.1, 0.15) is 6.04 Å². The molecular formula is C15H20N2O3. The summed E-state index contributed by atoms with van der Waals surface area (Å²) < 4.78 is 5.08. The van der Waals surface area contributed by atoms with E-state index < -0.39 is 6.04 Å². The molecule has 1 aliphatic rings. The highest BCUT2D eigenvalue weighted by Gasteiger charge is 2.33. The Kier molecular flexibility index (Phi) is 4.71. The van der Waals surface area contributed by atoms with E-state index in [-0.39, 0.29) is 11.9 Å². The van der Waals surface area contributed by atoms with Gasteiger partial charge in [-0.3, -0.25) is 9.78 Å². The molecule has 0 N–H and O–H groups in total. The lowest BCUT2D eigenvalue weighted by atomic mass is 10.0. The fraction of sp³-hybridized carbons (Fsp3) is 0.533. The summed E-state index contributed by atoms with van der Waals surface area (Å²) in [7, 11) is 0. The highest BCUT2D eigenvalue weighted by atomic mass is 16.5. The lowest BCUT2D eigenvalue weighted by Gasteiger charge is -2.34. The molecule has 1 atom stereocenters. The molecule has 2 rings (SSSR count). The van der Waals surface area contributed by atoms with Crippen molar-refractivity contribution in [2.45, 2.75) is 39.2 Å². The average molecular weight is 276 g/mol. The number of ether oxygens (including phenoxy) is 1. The molecule has 1 aliphatic heterocycles. The third kappa shape index (κ3) is 3.15. The predicted octanol–water partition coefficient (Wildman–Crippen LogP) is 1.95. The maximum atomic E-state index is 12.6. The molecule has 0 bridgehead atoms. The third-order valence-corrected chi connectivity index (χ3v) is 3.47. The van der Waals surface area contributed by atoms with E-state index in [0.717, 1.165) is 18.5 Å². The number of nitrogens with zero attached hydrogens (tertiary/aromatic N) is 2. The van der Waals surface area contributed by atoms with Crippen molar-refractivity contribution in [1.82, 2.24) is 9.88 Å². The molecule has 5 nitrogen and oxygen atoms in total. The lowest BCUT2D eigenvalue weighted by Crippen LogP contribution is -2.48. The Balaban J connectivity index is 2.19. The minimum absolute atomic E-state index is 0.117. The van der Waals surface area contributed by atoms with Gasteiger partial charge in [0.05, 0.1) is 6.61 Å². The minimum atomic E-state index is -0.454. The van der Waals surface area contributed by atoms with Crippen LogP contribution in [0.25, 0.3) is 0 Å². The van der Waals surface area contributed by atoms with Crippen molar-refractivity contribution in [3.05, 3.63) is 29.6 Å². The summed E-state index contributed by atoms with van der Waals surface area (Å²) in [6, 6.07) is 2.98. The van der Waals surface area contributed by atoms with Crippen LogP contribution in [0.5, 0.6) is 0 Å². The third-order valence-electron chi connectivity index (χ3n) is 3.47. The molecule has 0 aromatic carbocycles. The molecule has 0 radical (unpaired) electrons. The summed E-state index contributed by atoms with van der Waals surface area (Å²) in [5, 5.41) is 0. The van der Waals surface area contributed by atoms with Crippen molar-refractivity contribution >= 4 is 11.9 Å². The number of amides is 1. The van der Waals surface area contributed by atoms with Crippen molar-refractivity contribution in [1.29, 1.82) is 0 Å². The SMILES string of the molecule is CCOC(=O)C1CCCCN1C(=O)c1ccnc(C)c1. The molecule has 0 spiro atoms. The zero-order chi connectivity index (χ0) is 14.5. The van der Waals surface area contributed by atoms with Crippen LogP contribution < -0.4 is 0 Å². The largest absolute Gasteiger partial charge is 0.464 e. The van der Waals surface area contributed by atoms with Crippen molar-refractivity contribution in [2.24, 2.45) is 0 Å². The number of aromatic nitrogens is 1. The number of carbonyl (C=O) groups is 2. The Morgan fingerprint density at radius 1 is 1.45 bits per heavy atom. The molecule has 1 saturated heterocycles. The van der Waals surface area contributed by atoms with Crippen molar-refractivity contribution in [3.63, 3.8) is 0 Å². The number of aryl methyl sites for hydroxylation is 1. The Labute approximate surface area is 118 Å². The van der Waals surface area contributed by atoms with E-state index in [9.17, 15) is 9.59 Å². The van der Waals surface area contributed by atoms with E-state index in [1.165, 1.54) is 0 Å². The number of rotatable bonds is 3. The second-order valence-electron chi connectivity index (χ2n) is 4.95. The van der Waals surface area contributed by atoms with E-state index in [0.29, 0.717) is 25.1 Å². The zero-order valence-corrected chi connectivity index (χ0v) is 12.0. The van der Waals surface area contributed by atoms with Crippen LogP contribution in [0.1, 0.15) is 42.2 Å². The van der Waals surface area contributed by atoms with Gasteiger partial charge in [-0.15, -0.1) is 0 Å². The first kappa shape index (κ1) is 14.5. The molecule has 0 aliphatic carbocycles. The van der Waals surface area contributed by atoms with Gasteiger partial charge in [0.2, 0.25) is 0 Å². The van der Waals surface area contributed by atoms with Gasteiger partial charge in [-0.2, -0.15) is 0 Å². The number of pyridine rings is 1. The first-order chi connectivity index (χ1) is 9.63. The van der Waals surface area contributed by atoms with Crippen LogP contribution in [0.3, 0.4) is 0 Å². The molecule has 108 valence electrons. The van der Waals surface area contributed by atoms with E-state index in [1.807, 2.05) is 6.92 Å². The number of hydrogen-bond donors (Lipinski definition) is 0. The van der Waals surface area contributed by atoms with Crippen LogP contribution in [0, 0.1) is 6.92 Å². The molecule has 0 saturated carbocycles. The highest BCUT2D eigenvalue weighted by Crippen LogP contribution is 2.21. The molecular weight excluding hydrogens is 256 g/mol. The summed E-state index contributed by atoms with van der Waals surface area (Å²) >= 11 is 0. The Morgan fingerprint density at radius 3 is 2.95 bits per heavy atom. The standard InChI is InChI=1S/C15H20N2O3/c1-3-20-15(19)13-6-4-5-9-17(13)14(18)12-7-8-16-11(2)10-12/h7-8,10,13H,3-6,9H2,1-2H3. The van der Waals surface area contributed by atoms with Gasteiger partial charge in [0.15, 0.2) is 0 Å². The Bertz CT molecular complexity index is 502. The van der Waals surface area contributed by atoms with Gasteiger partial charge in [0.25, 0.3) is 5.91 Å². The number of carbonyl (C=O) groups excluding carboxylic acids is 2. The fourth-order valence-corrected chi connectivity index (χ4v) is 2.50. The smallest absolute Gasteiger partial charge is 0.328 e. The highest BCUT2D eigenvalue weighted by molar-refractivity contribution is 5.97. The van der Waals surface area contributed by atoms with Crippen molar-refractivity contribution < 1.29 is 14.3 Å². The normalized spacial score (nSPS) is 18.7. The molecule has 5 heteroatoms. The predicted molar refractivity (Wildman–Crippen MR) is 74.3 cm³/mol. The summed E-state index contributed by atoms with van der Waals surface area (Å²) in [6.07, 6.45) is 4.16. The van der Waals surface area contributed by atoms with Gasteiger partial charge in [-0.1, -0.05) is 0 Å². The number of hydrogen-bond acceptors (Lipinski definition) is 4.